The molecule has 0 aliphatic rings. The highest BCUT2D eigenvalue weighted by Gasteiger charge is 2.05. The number of carbonyl (C=O) groups is 1. The summed E-state index contributed by atoms with van der Waals surface area (Å²) in [6.07, 6.45) is 3.95. The van der Waals surface area contributed by atoms with E-state index in [2.05, 4.69) is 10.3 Å². The van der Waals surface area contributed by atoms with Crippen LogP contribution in [0.1, 0.15) is 13.3 Å². The van der Waals surface area contributed by atoms with Gasteiger partial charge in [0, 0.05) is 25.5 Å². The highest BCUT2D eigenvalue weighted by atomic mass is 32.2. The second-order valence-corrected chi connectivity index (χ2v) is 3.99. The maximum Gasteiger partial charge on any atom is 0.230 e. The molecule has 5 nitrogen and oxygen atoms in total. The Hall–Kier alpha value is -1.48. The summed E-state index contributed by atoms with van der Waals surface area (Å²) in [7, 11) is 0. The van der Waals surface area contributed by atoms with Crippen LogP contribution in [0.5, 0.6) is 0 Å². The summed E-state index contributed by atoms with van der Waals surface area (Å²) in [5.41, 5.74) is 0. The van der Waals surface area contributed by atoms with Crippen molar-refractivity contribution in [2.75, 3.05) is 12.3 Å². The number of hydrogen-bond donors (Lipinski definition) is 1. The van der Waals surface area contributed by atoms with Crippen molar-refractivity contribution in [1.82, 2.24) is 14.9 Å². The van der Waals surface area contributed by atoms with Gasteiger partial charge < -0.3 is 9.88 Å². The van der Waals surface area contributed by atoms with E-state index in [1.165, 1.54) is 11.8 Å². The molecule has 0 atom stereocenters. The molecule has 0 saturated carbocycles. The van der Waals surface area contributed by atoms with Crippen LogP contribution in [0, 0.1) is 11.3 Å². The second-order valence-electron chi connectivity index (χ2n) is 3.04. The van der Waals surface area contributed by atoms with E-state index in [4.69, 9.17) is 5.26 Å². The molecule has 0 aliphatic heterocycles. The van der Waals surface area contributed by atoms with Crippen molar-refractivity contribution in [1.29, 1.82) is 5.26 Å². The standard InChI is InChI=1S/C10H14N4OS/c1-2-14-7-6-13-10(14)16-8-9(15)12-5-3-4-11/h6-7H,2-3,5,8H2,1H3,(H,12,15). The van der Waals surface area contributed by atoms with Crippen molar-refractivity contribution in [3.05, 3.63) is 12.4 Å². The number of carbonyl (C=O) groups excluding carboxylic acids is 1. The Morgan fingerprint density at radius 3 is 3.25 bits per heavy atom. The zero-order valence-electron chi connectivity index (χ0n) is 9.14. The Labute approximate surface area is 98.9 Å². The molecule has 1 N–H and O–H groups in total. The minimum atomic E-state index is -0.0640. The Morgan fingerprint density at radius 1 is 1.75 bits per heavy atom. The Balaban J connectivity index is 2.29. The number of rotatable bonds is 6. The van der Waals surface area contributed by atoms with E-state index in [9.17, 15) is 4.79 Å². The fourth-order valence-corrected chi connectivity index (χ4v) is 1.97. The van der Waals surface area contributed by atoms with Gasteiger partial charge in [0.25, 0.3) is 0 Å². The van der Waals surface area contributed by atoms with Crippen molar-refractivity contribution >= 4 is 17.7 Å². The monoisotopic (exact) mass is 238 g/mol. The smallest absolute Gasteiger partial charge is 0.230 e. The minimum Gasteiger partial charge on any atom is -0.354 e. The van der Waals surface area contributed by atoms with Gasteiger partial charge in [-0.05, 0) is 6.92 Å². The molecule has 1 rings (SSSR count). The topological polar surface area (TPSA) is 70.7 Å². The van der Waals surface area contributed by atoms with E-state index in [0.29, 0.717) is 18.7 Å². The number of aromatic nitrogens is 2. The molecule has 0 fully saturated rings. The minimum absolute atomic E-state index is 0.0640. The third kappa shape index (κ3) is 3.95. The summed E-state index contributed by atoms with van der Waals surface area (Å²) in [5.74, 6) is 0.272. The molecular weight excluding hydrogens is 224 g/mol. The maximum absolute atomic E-state index is 11.3. The summed E-state index contributed by atoms with van der Waals surface area (Å²) in [5, 5.41) is 11.8. The number of thioether (sulfide) groups is 1. The van der Waals surface area contributed by atoms with E-state index in [1.807, 2.05) is 23.8 Å². The number of hydrogen-bond acceptors (Lipinski definition) is 4. The number of amides is 1. The lowest BCUT2D eigenvalue weighted by Crippen LogP contribution is -2.26. The van der Waals surface area contributed by atoms with Crippen molar-refractivity contribution in [2.24, 2.45) is 0 Å². The third-order valence-corrected chi connectivity index (χ3v) is 2.91. The fourth-order valence-electron chi connectivity index (χ4n) is 1.12. The number of nitrogens with zero attached hydrogens (tertiary/aromatic N) is 3. The first kappa shape index (κ1) is 12.6. The van der Waals surface area contributed by atoms with Crippen LogP contribution in [-0.4, -0.2) is 27.8 Å². The second kappa shape index (κ2) is 6.90. The zero-order valence-corrected chi connectivity index (χ0v) is 9.96. The van der Waals surface area contributed by atoms with Crippen LogP contribution in [0.4, 0.5) is 0 Å². The number of imidazole rings is 1. The van der Waals surface area contributed by atoms with E-state index in [0.717, 1.165) is 11.7 Å². The molecule has 1 heterocycles. The molecular formula is C10H14N4OS. The highest BCUT2D eigenvalue weighted by Crippen LogP contribution is 2.14. The van der Waals surface area contributed by atoms with E-state index in [1.54, 1.807) is 6.20 Å². The first-order valence-electron chi connectivity index (χ1n) is 5.05. The molecule has 0 bridgehead atoms. The number of nitriles is 1. The lowest BCUT2D eigenvalue weighted by atomic mass is 10.4. The van der Waals surface area contributed by atoms with Crippen LogP contribution in [0.3, 0.4) is 0 Å². The van der Waals surface area contributed by atoms with Gasteiger partial charge in [0.1, 0.15) is 0 Å². The van der Waals surface area contributed by atoms with Crippen molar-refractivity contribution in [3.8, 4) is 6.07 Å². The van der Waals surface area contributed by atoms with Gasteiger partial charge in [-0.1, -0.05) is 11.8 Å². The molecule has 0 radical (unpaired) electrons. The molecule has 86 valence electrons. The SMILES string of the molecule is CCn1ccnc1SCC(=O)NCCC#N. The van der Waals surface area contributed by atoms with E-state index >= 15 is 0 Å². The first-order valence-corrected chi connectivity index (χ1v) is 6.04. The lowest BCUT2D eigenvalue weighted by molar-refractivity contribution is -0.118. The summed E-state index contributed by atoms with van der Waals surface area (Å²) in [6, 6.07) is 1.97. The number of aryl methyl sites for hydroxylation is 1. The van der Waals surface area contributed by atoms with E-state index < -0.39 is 0 Å². The zero-order chi connectivity index (χ0) is 11.8. The Bertz CT molecular complexity index is 382. The van der Waals surface area contributed by atoms with Crippen molar-refractivity contribution in [3.63, 3.8) is 0 Å². The van der Waals surface area contributed by atoms with Crippen molar-refractivity contribution in [2.45, 2.75) is 25.0 Å². The molecule has 1 amide bonds. The van der Waals surface area contributed by atoms with Crippen LogP contribution >= 0.6 is 11.8 Å². The average Bonchev–Trinajstić information content (AvgIpc) is 2.74. The van der Waals surface area contributed by atoms with Crippen LogP contribution in [0.15, 0.2) is 17.6 Å². The predicted molar refractivity (Wildman–Crippen MR) is 61.9 cm³/mol. The van der Waals surface area contributed by atoms with Gasteiger partial charge in [-0.2, -0.15) is 5.26 Å². The highest BCUT2D eigenvalue weighted by molar-refractivity contribution is 7.99. The molecule has 6 heteroatoms. The average molecular weight is 238 g/mol. The van der Waals surface area contributed by atoms with Crippen molar-refractivity contribution < 1.29 is 4.79 Å². The van der Waals surface area contributed by atoms with Crippen LogP contribution in [0.25, 0.3) is 0 Å². The van der Waals surface area contributed by atoms with Gasteiger partial charge in [0.2, 0.25) is 5.91 Å². The summed E-state index contributed by atoms with van der Waals surface area (Å²) in [4.78, 5) is 15.5. The molecule has 0 saturated heterocycles. The molecule has 0 unspecified atom stereocenters. The van der Waals surface area contributed by atoms with Crippen LogP contribution < -0.4 is 5.32 Å². The van der Waals surface area contributed by atoms with Gasteiger partial charge in [0.15, 0.2) is 5.16 Å². The lowest BCUT2D eigenvalue weighted by Gasteiger charge is -2.04. The predicted octanol–water partition coefficient (Wildman–Crippen LogP) is 1.02. The molecule has 0 aromatic carbocycles. The molecule has 1 aromatic heterocycles. The van der Waals surface area contributed by atoms with Gasteiger partial charge in [-0.25, -0.2) is 4.98 Å². The fraction of sp³-hybridized carbons (Fsp3) is 0.500. The Morgan fingerprint density at radius 2 is 2.56 bits per heavy atom. The molecule has 0 aliphatic carbocycles. The molecule has 1 aromatic rings. The quantitative estimate of drug-likeness (QED) is 0.593. The summed E-state index contributed by atoms with van der Waals surface area (Å²) in [6.45, 7) is 3.29. The van der Waals surface area contributed by atoms with Gasteiger partial charge in [0.05, 0.1) is 18.2 Å². The molecule has 0 spiro atoms. The van der Waals surface area contributed by atoms with Crippen LogP contribution in [0.2, 0.25) is 0 Å². The van der Waals surface area contributed by atoms with Crippen LogP contribution in [-0.2, 0) is 11.3 Å². The van der Waals surface area contributed by atoms with Gasteiger partial charge in [-0.3, -0.25) is 4.79 Å². The largest absolute Gasteiger partial charge is 0.354 e. The maximum atomic E-state index is 11.3. The normalized spacial score (nSPS) is 9.75. The Kier molecular flexibility index (Phi) is 5.43. The first-order chi connectivity index (χ1) is 7.77. The summed E-state index contributed by atoms with van der Waals surface area (Å²) < 4.78 is 1.98. The van der Waals surface area contributed by atoms with Gasteiger partial charge >= 0.3 is 0 Å². The van der Waals surface area contributed by atoms with Gasteiger partial charge in [-0.15, -0.1) is 0 Å². The van der Waals surface area contributed by atoms with E-state index in [-0.39, 0.29) is 5.91 Å². The third-order valence-electron chi connectivity index (χ3n) is 1.91. The summed E-state index contributed by atoms with van der Waals surface area (Å²) >= 11 is 1.40. The number of nitrogens with one attached hydrogen (secondary N) is 1. The molecule has 16 heavy (non-hydrogen) atoms.